The zero-order valence-corrected chi connectivity index (χ0v) is 16.0. The van der Waals surface area contributed by atoms with Crippen LogP contribution in [0.4, 0.5) is 5.69 Å². The van der Waals surface area contributed by atoms with E-state index in [1.54, 1.807) is 19.2 Å². The van der Waals surface area contributed by atoms with Crippen LogP contribution in [0.25, 0.3) is 11.3 Å². The molecular weight excluding hydrogens is 398 g/mol. The van der Waals surface area contributed by atoms with Crippen molar-refractivity contribution in [3.63, 3.8) is 0 Å². The van der Waals surface area contributed by atoms with Gasteiger partial charge in [-0.05, 0) is 61.0 Å². The molecule has 0 saturated carbocycles. The number of carboxylic acid groups (broad SMARTS) is 1. The minimum atomic E-state index is -0.985. The number of carboxylic acids is 1. The van der Waals surface area contributed by atoms with Crippen molar-refractivity contribution in [2.24, 2.45) is 0 Å². The number of nitrogens with one attached hydrogen (secondary N) is 1. The second-order valence-electron chi connectivity index (χ2n) is 5.80. The number of anilines is 1. The van der Waals surface area contributed by atoms with Gasteiger partial charge in [0.15, 0.2) is 0 Å². The van der Waals surface area contributed by atoms with Crippen LogP contribution in [-0.4, -0.2) is 18.2 Å². The third kappa shape index (κ3) is 3.91. The molecule has 0 atom stereocenters. The van der Waals surface area contributed by atoms with E-state index in [-0.39, 0.29) is 5.56 Å². The molecule has 5 nitrogen and oxygen atoms in total. The first-order chi connectivity index (χ1) is 12.5. The summed E-state index contributed by atoms with van der Waals surface area (Å²) in [4.78, 5) is 11.2. The number of ether oxygens (including phenoxy) is 1. The van der Waals surface area contributed by atoms with E-state index in [2.05, 4.69) is 21.2 Å². The molecule has 3 aromatic rings. The van der Waals surface area contributed by atoms with Crippen molar-refractivity contribution >= 4 is 27.6 Å². The lowest BCUT2D eigenvalue weighted by atomic mass is 10.1. The summed E-state index contributed by atoms with van der Waals surface area (Å²) in [5.74, 6) is 1.12. The van der Waals surface area contributed by atoms with Gasteiger partial charge in [-0.15, -0.1) is 0 Å². The molecule has 134 valence electrons. The number of methoxy groups -OCH3 is 1. The number of hydrogen-bond acceptors (Lipinski definition) is 4. The third-order valence-corrected chi connectivity index (χ3v) is 4.51. The maximum atomic E-state index is 11.2. The summed E-state index contributed by atoms with van der Waals surface area (Å²) < 4.78 is 12.2. The molecule has 0 radical (unpaired) electrons. The summed E-state index contributed by atoms with van der Waals surface area (Å²) >= 11 is 3.46. The van der Waals surface area contributed by atoms with E-state index in [1.807, 2.05) is 37.3 Å². The van der Waals surface area contributed by atoms with Gasteiger partial charge in [-0.1, -0.05) is 15.9 Å². The summed E-state index contributed by atoms with van der Waals surface area (Å²) in [5.41, 5.74) is 2.94. The molecule has 26 heavy (non-hydrogen) atoms. The topological polar surface area (TPSA) is 71.7 Å². The lowest BCUT2D eigenvalue weighted by Gasteiger charge is -2.11. The lowest BCUT2D eigenvalue weighted by molar-refractivity contribution is 0.0697. The van der Waals surface area contributed by atoms with Gasteiger partial charge in [-0.2, -0.15) is 0 Å². The van der Waals surface area contributed by atoms with Crippen molar-refractivity contribution in [1.82, 2.24) is 0 Å². The molecule has 0 fully saturated rings. The fraction of sp³-hybridized carbons (Fsp3) is 0.150. The predicted octanol–water partition coefficient (Wildman–Crippen LogP) is 5.34. The second-order valence-corrected chi connectivity index (χ2v) is 6.71. The van der Waals surface area contributed by atoms with Gasteiger partial charge in [0.1, 0.15) is 17.3 Å². The Kier molecular flexibility index (Phi) is 5.32. The standard InChI is InChI=1S/C20H18BrNO4/c1-12-9-14(21)4-6-16(12)18-8-5-15(26-18)11-22-17-10-13(20(23)24)3-7-19(17)25-2/h3-10,22H,11H2,1-2H3,(H,23,24). The Morgan fingerprint density at radius 3 is 2.69 bits per heavy atom. The van der Waals surface area contributed by atoms with Gasteiger partial charge in [0, 0.05) is 10.0 Å². The summed E-state index contributed by atoms with van der Waals surface area (Å²) in [6.07, 6.45) is 0. The zero-order valence-electron chi connectivity index (χ0n) is 14.4. The fourth-order valence-corrected chi connectivity index (χ4v) is 3.16. The maximum absolute atomic E-state index is 11.2. The quantitative estimate of drug-likeness (QED) is 0.568. The molecule has 2 aromatic carbocycles. The Bertz CT molecular complexity index is 949. The van der Waals surface area contributed by atoms with Crippen LogP contribution in [0.5, 0.6) is 5.75 Å². The Morgan fingerprint density at radius 1 is 1.19 bits per heavy atom. The summed E-state index contributed by atoms with van der Waals surface area (Å²) in [7, 11) is 1.54. The van der Waals surface area contributed by atoms with E-state index in [9.17, 15) is 4.79 Å². The van der Waals surface area contributed by atoms with E-state index in [0.29, 0.717) is 18.0 Å². The smallest absolute Gasteiger partial charge is 0.335 e. The number of aromatic carboxylic acids is 1. The maximum Gasteiger partial charge on any atom is 0.335 e. The van der Waals surface area contributed by atoms with Gasteiger partial charge >= 0.3 is 5.97 Å². The van der Waals surface area contributed by atoms with Crippen molar-refractivity contribution < 1.29 is 19.1 Å². The first-order valence-corrected chi connectivity index (χ1v) is 8.77. The molecule has 0 unspecified atom stereocenters. The average Bonchev–Trinajstić information content (AvgIpc) is 3.08. The van der Waals surface area contributed by atoms with Crippen LogP contribution in [0.3, 0.4) is 0 Å². The third-order valence-electron chi connectivity index (χ3n) is 4.02. The highest BCUT2D eigenvalue weighted by Gasteiger charge is 2.11. The van der Waals surface area contributed by atoms with Crippen LogP contribution < -0.4 is 10.1 Å². The minimum Gasteiger partial charge on any atom is -0.495 e. The second kappa shape index (κ2) is 7.66. The van der Waals surface area contributed by atoms with E-state index < -0.39 is 5.97 Å². The largest absolute Gasteiger partial charge is 0.495 e. The number of aryl methyl sites for hydroxylation is 1. The van der Waals surface area contributed by atoms with Crippen LogP contribution >= 0.6 is 15.9 Å². The van der Waals surface area contributed by atoms with E-state index in [1.165, 1.54) is 6.07 Å². The van der Waals surface area contributed by atoms with Gasteiger partial charge in [-0.3, -0.25) is 0 Å². The molecule has 0 saturated heterocycles. The first kappa shape index (κ1) is 18.1. The average molecular weight is 416 g/mol. The number of halogens is 1. The van der Waals surface area contributed by atoms with Gasteiger partial charge in [0.05, 0.1) is 24.9 Å². The summed E-state index contributed by atoms with van der Waals surface area (Å²) in [5, 5.41) is 12.3. The SMILES string of the molecule is COc1ccc(C(=O)O)cc1NCc1ccc(-c2ccc(Br)cc2C)o1. The Labute approximate surface area is 159 Å². The highest BCUT2D eigenvalue weighted by molar-refractivity contribution is 9.10. The summed E-state index contributed by atoms with van der Waals surface area (Å²) in [6, 6.07) is 14.5. The number of carbonyl (C=O) groups is 1. The van der Waals surface area contributed by atoms with E-state index in [0.717, 1.165) is 27.1 Å². The first-order valence-electron chi connectivity index (χ1n) is 7.98. The molecule has 0 aliphatic carbocycles. The lowest BCUT2D eigenvalue weighted by Crippen LogP contribution is -2.03. The van der Waals surface area contributed by atoms with Gasteiger partial charge in [0.2, 0.25) is 0 Å². The fourth-order valence-electron chi connectivity index (χ4n) is 2.68. The molecule has 3 rings (SSSR count). The molecular formula is C20H18BrNO4. The molecule has 0 aliphatic rings. The molecule has 0 aliphatic heterocycles. The molecule has 2 N–H and O–H groups in total. The van der Waals surface area contributed by atoms with Crippen molar-refractivity contribution in [1.29, 1.82) is 0 Å². The van der Waals surface area contributed by atoms with Crippen LogP contribution in [0.2, 0.25) is 0 Å². The number of benzene rings is 2. The number of rotatable bonds is 6. The van der Waals surface area contributed by atoms with E-state index in [4.69, 9.17) is 14.3 Å². The van der Waals surface area contributed by atoms with Crippen molar-refractivity contribution in [2.45, 2.75) is 13.5 Å². The minimum absolute atomic E-state index is 0.193. The van der Waals surface area contributed by atoms with Gasteiger partial charge < -0.3 is 19.6 Å². The van der Waals surface area contributed by atoms with Crippen LogP contribution in [0.15, 0.2) is 57.4 Å². The van der Waals surface area contributed by atoms with E-state index >= 15 is 0 Å². The zero-order chi connectivity index (χ0) is 18.7. The molecule has 6 heteroatoms. The van der Waals surface area contributed by atoms with Crippen LogP contribution in [0, 0.1) is 6.92 Å². The number of hydrogen-bond donors (Lipinski definition) is 2. The predicted molar refractivity (Wildman–Crippen MR) is 104 cm³/mol. The van der Waals surface area contributed by atoms with Crippen LogP contribution in [0.1, 0.15) is 21.7 Å². The molecule has 0 bridgehead atoms. The highest BCUT2D eigenvalue weighted by atomic mass is 79.9. The Morgan fingerprint density at radius 2 is 2.00 bits per heavy atom. The molecule has 1 aromatic heterocycles. The monoisotopic (exact) mass is 415 g/mol. The highest BCUT2D eigenvalue weighted by Crippen LogP contribution is 2.29. The Hall–Kier alpha value is -2.73. The summed E-state index contributed by atoms with van der Waals surface area (Å²) in [6.45, 7) is 2.44. The van der Waals surface area contributed by atoms with Crippen molar-refractivity contribution in [2.75, 3.05) is 12.4 Å². The normalized spacial score (nSPS) is 10.6. The van der Waals surface area contributed by atoms with Gasteiger partial charge in [-0.25, -0.2) is 4.79 Å². The molecule has 0 spiro atoms. The molecule has 1 heterocycles. The van der Waals surface area contributed by atoms with Crippen LogP contribution in [-0.2, 0) is 6.54 Å². The van der Waals surface area contributed by atoms with Crippen molar-refractivity contribution in [3.05, 3.63) is 69.9 Å². The molecule has 0 amide bonds. The number of furan rings is 1. The van der Waals surface area contributed by atoms with Gasteiger partial charge in [0.25, 0.3) is 0 Å². The Balaban J connectivity index is 1.78. The van der Waals surface area contributed by atoms with Crippen molar-refractivity contribution in [3.8, 4) is 17.1 Å².